The predicted octanol–water partition coefficient (Wildman–Crippen LogP) is 0.997. The van der Waals surface area contributed by atoms with Gasteiger partial charge in [0.25, 0.3) is 0 Å². The van der Waals surface area contributed by atoms with Crippen LogP contribution < -0.4 is 10.3 Å². The Hall–Kier alpha value is -1.51. The maximum Gasteiger partial charge on any atom is 0.111 e. The molecular weight excluding hydrogens is 138 g/mol. The van der Waals surface area contributed by atoms with E-state index in [-0.39, 0.29) is 0 Å². The zero-order valence-corrected chi connectivity index (χ0v) is 6.07. The summed E-state index contributed by atoms with van der Waals surface area (Å²) in [6.07, 6.45) is 1.70. The minimum Gasteiger partial charge on any atom is -0.356 e. The smallest absolute Gasteiger partial charge is 0.111 e. The van der Waals surface area contributed by atoms with E-state index in [1.54, 1.807) is 6.34 Å². The van der Waals surface area contributed by atoms with Crippen LogP contribution in [-0.4, -0.2) is 13.0 Å². The molecule has 1 aromatic carbocycles. The Bertz CT molecular complexity index is 255. The zero-order chi connectivity index (χ0) is 7.52. The quantitative estimate of drug-likeness (QED) is 0.641. The lowest BCUT2D eigenvalue weighted by Crippen LogP contribution is -2.19. The van der Waals surface area contributed by atoms with Gasteiger partial charge in [0.05, 0.1) is 5.69 Å². The molecule has 0 aliphatic carbocycles. The molecule has 1 aliphatic heterocycles. The highest BCUT2D eigenvalue weighted by molar-refractivity contribution is 5.62. The molecule has 3 nitrogen and oxygen atoms in total. The van der Waals surface area contributed by atoms with E-state index >= 15 is 0 Å². The van der Waals surface area contributed by atoms with Gasteiger partial charge in [0.1, 0.15) is 13.0 Å². The summed E-state index contributed by atoms with van der Waals surface area (Å²) in [4.78, 5) is 0. The van der Waals surface area contributed by atoms with Crippen LogP contribution in [0.5, 0.6) is 0 Å². The average Bonchev–Trinajstić information content (AvgIpc) is 2.58. The average molecular weight is 147 g/mol. The van der Waals surface area contributed by atoms with Gasteiger partial charge in [-0.2, -0.15) is 5.10 Å². The number of hydrazone groups is 1. The lowest BCUT2D eigenvalue weighted by atomic mass is 10.3. The summed E-state index contributed by atoms with van der Waals surface area (Å²) in [7, 11) is 0. The third kappa shape index (κ3) is 1.17. The number of benzene rings is 1. The molecule has 0 radical (unpaired) electrons. The summed E-state index contributed by atoms with van der Waals surface area (Å²) in [6, 6.07) is 10.1. The van der Waals surface area contributed by atoms with Crippen LogP contribution in [0.1, 0.15) is 0 Å². The lowest BCUT2D eigenvalue weighted by molar-refractivity contribution is 0.871. The van der Waals surface area contributed by atoms with Gasteiger partial charge in [-0.1, -0.05) is 18.2 Å². The first-order valence-electron chi connectivity index (χ1n) is 3.55. The maximum atomic E-state index is 4.10. The van der Waals surface area contributed by atoms with E-state index in [9.17, 15) is 0 Å². The second-order valence-electron chi connectivity index (χ2n) is 2.34. The highest BCUT2D eigenvalue weighted by Crippen LogP contribution is 2.12. The lowest BCUT2D eigenvalue weighted by Gasteiger charge is -2.11. The maximum absolute atomic E-state index is 4.10. The number of anilines is 1. The van der Waals surface area contributed by atoms with Gasteiger partial charge in [0.2, 0.25) is 0 Å². The zero-order valence-electron chi connectivity index (χ0n) is 6.07. The molecule has 0 spiro atoms. The van der Waals surface area contributed by atoms with Crippen LogP contribution in [0.25, 0.3) is 0 Å². The molecule has 1 N–H and O–H groups in total. The Morgan fingerprint density at radius 2 is 2.09 bits per heavy atom. The number of nitrogens with zero attached hydrogens (tertiary/aromatic N) is 2. The molecule has 56 valence electrons. The van der Waals surface area contributed by atoms with Crippen LogP contribution in [0.15, 0.2) is 35.4 Å². The number of para-hydroxylation sites is 1. The van der Waals surface area contributed by atoms with Crippen LogP contribution in [0.3, 0.4) is 0 Å². The van der Waals surface area contributed by atoms with Gasteiger partial charge < -0.3 is 5.32 Å². The Kier molecular flexibility index (Phi) is 1.48. The molecule has 0 aromatic heterocycles. The summed E-state index contributed by atoms with van der Waals surface area (Å²) in [6.45, 7) is 0.768. The van der Waals surface area contributed by atoms with Gasteiger partial charge in [-0.15, -0.1) is 0 Å². The van der Waals surface area contributed by atoms with Crippen molar-refractivity contribution < 1.29 is 0 Å². The summed E-state index contributed by atoms with van der Waals surface area (Å²) in [5, 5.41) is 9.01. The van der Waals surface area contributed by atoms with Crippen molar-refractivity contribution >= 4 is 12.0 Å². The van der Waals surface area contributed by atoms with Gasteiger partial charge in [-0.05, 0) is 12.1 Å². The summed E-state index contributed by atoms with van der Waals surface area (Å²) in [5.74, 6) is 0. The standard InChI is InChI=1S/C8H9N3/c1-2-4-8(5-3-1)11-7-9-6-10-11/h1-6H,7H2,(H,9,10). The molecular formula is C8H9N3. The van der Waals surface area contributed by atoms with Gasteiger partial charge in [0.15, 0.2) is 0 Å². The monoisotopic (exact) mass is 147 g/mol. The molecule has 1 aromatic rings. The Morgan fingerprint density at radius 3 is 2.73 bits per heavy atom. The molecule has 0 saturated heterocycles. The molecule has 0 fully saturated rings. The summed E-state index contributed by atoms with van der Waals surface area (Å²) < 4.78 is 0. The fraction of sp³-hybridized carbons (Fsp3) is 0.125. The van der Waals surface area contributed by atoms with Crippen LogP contribution in [-0.2, 0) is 0 Å². The second kappa shape index (κ2) is 2.62. The number of hydrogen-bond acceptors (Lipinski definition) is 3. The minimum atomic E-state index is 0.768. The summed E-state index contributed by atoms with van der Waals surface area (Å²) >= 11 is 0. The van der Waals surface area contributed by atoms with Crippen LogP contribution in [0, 0.1) is 0 Å². The Labute approximate surface area is 65.3 Å². The highest BCUT2D eigenvalue weighted by atomic mass is 15.5. The second-order valence-corrected chi connectivity index (χ2v) is 2.34. The molecule has 0 unspecified atom stereocenters. The molecule has 0 atom stereocenters. The largest absolute Gasteiger partial charge is 0.356 e. The van der Waals surface area contributed by atoms with Crippen molar-refractivity contribution in [3.63, 3.8) is 0 Å². The molecule has 11 heavy (non-hydrogen) atoms. The first kappa shape index (κ1) is 6.22. The van der Waals surface area contributed by atoms with Crippen molar-refractivity contribution in [3.05, 3.63) is 30.3 Å². The van der Waals surface area contributed by atoms with E-state index in [2.05, 4.69) is 10.4 Å². The fourth-order valence-electron chi connectivity index (χ4n) is 1.04. The van der Waals surface area contributed by atoms with Crippen molar-refractivity contribution in [1.29, 1.82) is 0 Å². The van der Waals surface area contributed by atoms with Gasteiger partial charge in [0, 0.05) is 0 Å². The van der Waals surface area contributed by atoms with E-state index < -0.39 is 0 Å². The van der Waals surface area contributed by atoms with Crippen molar-refractivity contribution in [2.75, 3.05) is 11.7 Å². The fourth-order valence-corrected chi connectivity index (χ4v) is 1.04. The third-order valence-corrected chi connectivity index (χ3v) is 1.58. The molecule has 0 saturated carbocycles. The van der Waals surface area contributed by atoms with Crippen molar-refractivity contribution in [2.24, 2.45) is 5.10 Å². The number of hydrogen-bond donors (Lipinski definition) is 1. The van der Waals surface area contributed by atoms with E-state index in [4.69, 9.17) is 0 Å². The van der Waals surface area contributed by atoms with Crippen molar-refractivity contribution in [3.8, 4) is 0 Å². The van der Waals surface area contributed by atoms with E-state index in [1.807, 2.05) is 35.3 Å². The molecule has 0 amide bonds. The van der Waals surface area contributed by atoms with Crippen LogP contribution in [0.2, 0.25) is 0 Å². The van der Waals surface area contributed by atoms with Crippen LogP contribution >= 0.6 is 0 Å². The normalized spacial score (nSPS) is 15.1. The molecule has 2 rings (SSSR count). The molecule has 1 heterocycles. The Morgan fingerprint density at radius 1 is 1.27 bits per heavy atom. The molecule has 3 heteroatoms. The first-order valence-corrected chi connectivity index (χ1v) is 3.55. The number of rotatable bonds is 1. The van der Waals surface area contributed by atoms with Gasteiger partial charge in [-0.3, -0.25) is 0 Å². The van der Waals surface area contributed by atoms with Crippen LogP contribution in [0.4, 0.5) is 5.69 Å². The first-order chi connectivity index (χ1) is 5.47. The van der Waals surface area contributed by atoms with Gasteiger partial charge in [-0.25, -0.2) is 5.01 Å². The van der Waals surface area contributed by atoms with Crippen molar-refractivity contribution in [2.45, 2.75) is 0 Å². The number of nitrogens with one attached hydrogen (secondary N) is 1. The van der Waals surface area contributed by atoms with Crippen molar-refractivity contribution in [1.82, 2.24) is 5.32 Å². The van der Waals surface area contributed by atoms with E-state index in [0.717, 1.165) is 12.4 Å². The predicted molar refractivity (Wildman–Crippen MR) is 45.4 cm³/mol. The Balaban J connectivity index is 2.23. The SMILES string of the molecule is C1=NN(c2ccccc2)CN1. The topological polar surface area (TPSA) is 27.6 Å². The highest BCUT2D eigenvalue weighted by Gasteiger charge is 2.05. The molecule has 0 bridgehead atoms. The summed E-state index contributed by atoms with van der Waals surface area (Å²) in [5.41, 5.74) is 1.12. The van der Waals surface area contributed by atoms with E-state index in [1.165, 1.54) is 0 Å². The van der Waals surface area contributed by atoms with E-state index in [0.29, 0.717) is 0 Å². The molecule has 1 aliphatic rings. The van der Waals surface area contributed by atoms with Gasteiger partial charge >= 0.3 is 0 Å². The minimum absolute atomic E-state index is 0.768. The third-order valence-electron chi connectivity index (χ3n) is 1.58.